The Morgan fingerprint density at radius 2 is 1.79 bits per heavy atom. The van der Waals surface area contributed by atoms with Crippen molar-refractivity contribution in [1.29, 1.82) is 0 Å². The lowest BCUT2D eigenvalue weighted by Crippen LogP contribution is -2.10. The number of hydrogen-bond donors (Lipinski definition) is 1. The van der Waals surface area contributed by atoms with Gasteiger partial charge >= 0.3 is 6.18 Å². The SMILES string of the molecule is O=c1c(O)cc(=O)n(Cl)c2cc(C(F)(F)F)ccc12. The average molecular weight is 292 g/mol. The molecule has 0 radical (unpaired) electrons. The number of nitrogens with zero attached hydrogens (tertiary/aromatic N) is 1. The molecular weight excluding hydrogens is 287 g/mol. The Bertz CT molecular complexity index is 783. The number of hydrogen-bond acceptors (Lipinski definition) is 3. The molecule has 0 aliphatic carbocycles. The van der Waals surface area contributed by atoms with Crippen molar-refractivity contribution in [2.24, 2.45) is 0 Å². The monoisotopic (exact) mass is 291 g/mol. The van der Waals surface area contributed by atoms with Gasteiger partial charge in [-0.3, -0.25) is 9.59 Å². The predicted molar refractivity (Wildman–Crippen MR) is 62.4 cm³/mol. The van der Waals surface area contributed by atoms with E-state index < -0.39 is 34.0 Å². The summed E-state index contributed by atoms with van der Waals surface area (Å²) in [7, 11) is 0. The van der Waals surface area contributed by atoms with Crippen LogP contribution in [0.4, 0.5) is 13.2 Å². The van der Waals surface area contributed by atoms with E-state index in [0.717, 1.165) is 6.07 Å². The Hall–Kier alpha value is -2.02. The van der Waals surface area contributed by atoms with Crippen LogP contribution >= 0.6 is 11.8 Å². The Balaban J connectivity index is 3.04. The van der Waals surface area contributed by atoms with E-state index in [4.69, 9.17) is 11.8 Å². The number of halogens is 4. The number of aromatic nitrogens is 1. The minimum Gasteiger partial charge on any atom is -0.504 e. The van der Waals surface area contributed by atoms with E-state index in [1.165, 1.54) is 0 Å². The summed E-state index contributed by atoms with van der Waals surface area (Å²) in [6.45, 7) is 0. The summed E-state index contributed by atoms with van der Waals surface area (Å²) in [6, 6.07) is 2.65. The van der Waals surface area contributed by atoms with E-state index in [1.54, 1.807) is 0 Å². The molecule has 2 aromatic rings. The van der Waals surface area contributed by atoms with Crippen LogP contribution in [-0.4, -0.2) is 9.19 Å². The standard InChI is InChI=1S/C11H5ClF3NO3/c12-16-7-3-5(11(13,14)15)1-2-6(7)10(19)8(17)4-9(16)18/h1-4,17H. The lowest BCUT2D eigenvalue weighted by molar-refractivity contribution is -0.137. The molecule has 0 atom stereocenters. The second kappa shape index (κ2) is 4.27. The summed E-state index contributed by atoms with van der Waals surface area (Å²) in [6.07, 6.45) is -4.64. The lowest BCUT2D eigenvalue weighted by Gasteiger charge is -2.06. The fraction of sp³-hybridized carbons (Fsp3) is 0.0909. The van der Waals surface area contributed by atoms with Gasteiger partial charge in [0.25, 0.3) is 5.56 Å². The van der Waals surface area contributed by atoms with Gasteiger partial charge in [0.05, 0.1) is 22.5 Å². The zero-order valence-electron chi connectivity index (χ0n) is 9.03. The van der Waals surface area contributed by atoms with Gasteiger partial charge in [-0.2, -0.15) is 13.2 Å². The normalized spacial score (nSPS) is 11.8. The summed E-state index contributed by atoms with van der Waals surface area (Å²) >= 11 is 5.56. The largest absolute Gasteiger partial charge is 0.504 e. The van der Waals surface area contributed by atoms with Crippen LogP contribution in [-0.2, 0) is 6.18 Å². The highest BCUT2D eigenvalue weighted by Gasteiger charge is 2.31. The zero-order chi connectivity index (χ0) is 14.4. The molecule has 4 nitrogen and oxygen atoms in total. The van der Waals surface area contributed by atoms with Gasteiger partial charge in [0.1, 0.15) is 0 Å². The molecule has 0 spiro atoms. The van der Waals surface area contributed by atoms with Crippen molar-refractivity contribution in [2.45, 2.75) is 6.18 Å². The quantitative estimate of drug-likeness (QED) is 0.808. The minimum absolute atomic E-state index is 0.289. The number of benzene rings is 1. The predicted octanol–water partition coefficient (Wildman–Crippen LogP) is 2.09. The van der Waals surface area contributed by atoms with Gasteiger partial charge in [0, 0.05) is 11.8 Å². The van der Waals surface area contributed by atoms with Gasteiger partial charge < -0.3 is 5.11 Å². The van der Waals surface area contributed by atoms with E-state index in [2.05, 4.69) is 0 Å². The first-order chi connectivity index (χ1) is 8.71. The van der Waals surface area contributed by atoms with Crippen molar-refractivity contribution < 1.29 is 18.3 Å². The van der Waals surface area contributed by atoms with Crippen LogP contribution in [0.1, 0.15) is 5.56 Å². The fourth-order valence-electron chi connectivity index (χ4n) is 1.56. The van der Waals surface area contributed by atoms with Gasteiger partial charge in [-0.05, 0) is 18.2 Å². The van der Waals surface area contributed by atoms with Crippen LogP contribution in [0.2, 0.25) is 0 Å². The first-order valence-corrected chi connectivity index (χ1v) is 5.22. The average Bonchev–Trinajstić information content (AvgIpc) is 2.41. The topological polar surface area (TPSA) is 59.3 Å². The van der Waals surface area contributed by atoms with Gasteiger partial charge in [-0.25, -0.2) is 4.09 Å². The lowest BCUT2D eigenvalue weighted by atomic mass is 10.1. The Morgan fingerprint density at radius 3 is 2.37 bits per heavy atom. The molecule has 19 heavy (non-hydrogen) atoms. The van der Waals surface area contributed by atoms with Gasteiger partial charge in [0.2, 0.25) is 5.43 Å². The van der Waals surface area contributed by atoms with Crippen LogP contribution in [0.15, 0.2) is 33.9 Å². The van der Waals surface area contributed by atoms with Crippen molar-refractivity contribution in [3.05, 3.63) is 50.4 Å². The first-order valence-electron chi connectivity index (χ1n) is 4.88. The number of rotatable bonds is 0. The van der Waals surface area contributed by atoms with Crippen LogP contribution in [0.3, 0.4) is 0 Å². The summed E-state index contributed by atoms with van der Waals surface area (Å²) < 4.78 is 38.0. The van der Waals surface area contributed by atoms with Crippen molar-refractivity contribution in [2.75, 3.05) is 0 Å². The highest BCUT2D eigenvalue weighted by Crippen LogP contribution is 2.30. The van der Waals surface area contributed by atoms with E-state index in [-0.39, 0.29) is 5.39 Å². The highest BCUT2D eigenvalue weighted by atomic mass is 35.5. The van der Waals surface area contributed by atoms with E-state index in [1.807, 2.05) is 0 Å². The smallest absolute Gasteiger partial charge is 0.416 e. The molecule has 1 heterocycles. The summed E-state index contributed by atoms with van der Waals surface area (Å²) in [5, 5.41) is 9.02. The molecule has 1 aromatic heterocycles. The van der Waals surface area contributed by atoms with E-state index in [0.29, 0.717) is 22.3 Å². The third-order valence-electron chi connectivity index (χ3n) is 2.47. The summed E-state index contributed by atoms with van der Waals surface area (Å²) in [5.41, 5.74) is -3.46. The van der Waals surface area contributed by atoms with Crippen molar-refractivity contribution >= 4 is 22.7 Å². The van der Waals surface area contributed by atoms with E-state index in [9.17, 15) is 27.9 Å². The molecule has 1 aromatic carbocycles. The van der Waals surface area contributed by atoms with Crippen molar-refractivity contribution in [1.82, 2.24) is 4.09 Å². The molecule has 100 valence electrons. The second-order valence-electron chi connectivity index (χ2n) is 3.71. The molecule has 0 saturated carbocycles. The molecule has 0 aliphatic heterocycles. The maximum Gasteiger partial charge on any atom is 0.416 e. The third-order valence-corrected chi connectivity index (χ3v) is 2.82. The molecule has 0 bridgehead atoms. The van der Waals surface area contributed by atoms with Crippen LogP contribution in [0.25, 0.3) is 10.9 Å². The number of fused-ring (bicyclic) bond motifs is 1. The number of alkyl halides is 3. The van der Waals surface area contributed by atoms with Crippen LogP contribution in [0.5, 0.6) is 5.75 Å². The molecule has 0 unspecified atom stereocenters. The molecule has 8 heteroatoms. The Morgan fingerprint density at radius 1 is 1.16 bits per heavy atom. The Labute approximate surface area is 108 Å². The summed E-state index contributed by atoms with van der Waals surface area (Å²) in [4.78, 5) is 23.1. The molecule has 0 aliphatic rings. The van der Waals surface area contributed by atoms with Gasteiger partial charge in [-0.15, -0.1) is 0 Å². The molecule has 0 amide bonds. The minimum atomic E-state index is -4.64. The third kappa shape index (κ3) is 2.28. The molecule has 1 N–H and O–H groups in total. The molecule has 0 fully saturated rings. The van der Waals surface area contributed by atoms with Gasteiger partial charge in [-0.1, -0.05) is 0 Å². The zero-order valence-corrected chi connectivity index (χ0v) is 9.79. The van der Waals surface area contributed by atoms with Crippen LogP contribution in [0, 0.1) is 0 Å². The van der Waals surface area contributed by atoms with Crippen molar-refractivity contribution in [3.8, 4) is 5.75 Å². The maximum absolute atomic E-state index is 12.6. The maximum atomic E-state index is 12.6. The highest BCUT2D eigenvalue weighted by molar-refractivity contribution is 6.18. The fourth-order valence-corrected chi connectivity index (χ4v) is 1.75. The molecule has 0 saturated heterocycles. The Kier molecular flexibility index (Phi) is 3.01. The van der Waals surface area contributed by atoms with Crippen LogP contribution < -0.4 is 11.0 Å². The second-order valence-corrected chi connectivity index (χ2v) is 4.05. The molecular formula is C11H5ClF3NO3. The molecule has 2 rings (SSSR count). The van der Waals surface area contributed by atoms with Crippen molar-refractivity contribution in [3.63, 3.8) is 0 Å². The van der Waals surface area contributed by atoms with E-state index >= 15 is 0 Å². The first kappa shape index (κ1) is 13.4. The van der Waals surface area contributed by atoms with Gasteiger partial charge in [0.15, 0.2) is 5.75 Å². The number of aromatic hydroxyl groups is 1. The summed E-state index contributed by atoms with van der Waals surface area (Å²) in [5.74, 6) is -0.880.